The van der Waals surface area contributed by atoms with Gasteiger partial charge in [0.25, 0.3) is 0 Å². The van der Waals surface area contributed by atoms with E-state index in [-0.39, 0.29) is 24.0 Å². The van der Waals surface area contributed by atoms with Crippen molar-refractivity contribution in [2.24, 2.45) is 17.8 Å². The summed E-state index contributed by atoms with van der Waals surface area (Å²) in [5.74, 6) is 2.34. The molecule has 6 rings (SSSR count). The van der Waals surface area contributed by atoms with Gasteiger partial charge >= 0.3 is 6.03 Å². The van der Waals surface area contributed by atoms with Gasteiger partial charge in [-0.1, -0.05) is 43.3 Å². The molecule has 0 aliphatic heterocycles. The Kier molecular flexibility index (Phi) is 6.96. The minimum atomic E-state index is -0.0482. The van der Waals surface area contributed by atoms with Crippen molar-refractivity contribution in [3.05, 3.63) is 58.3 Å². The van der Waals surface area contributed by atoms with E-state index in [2.05, 4.69) is 30.4 Å². The average molecular weight is 480 g/mol. The normalized spacial score (nSPS) is 26.9. The van der Waals surface area contributed by atoms with Crippen LogP contribution >= 0.6 is 11.3 Å². The summed E-state index contributed by atoms with van der Waals surface area (Å²) in [5, 5.41) is 5.51. The Morgan fingerprint density at radius 1 is 0.941 bits per heavy atom. The second kappa shape index (κ2) is 10.1. The number of nitrogens with one attached hydrogen (secondary N) is 1. The van der Waals surface area contributed by atoms with Crippen molar-refractivity contribution in [1.82, 2.24) is 15.1 Å². The summed E-state index contributed by atoms with van der Waals surface area (Å²) < 4.78 is 0. The monoisotopic (exact) mass is 479 g/mol. The van der Waals surface area contributed by atoms with Gasteiger partial charge in [-0.2, -0.15) is 0 Å². The van der Waals surface area contributed by atoms with Gasteiger partial charge in [0, 0.05) is 23.5 Å². The largest absolute Gasteiger partial charge is 0.333 e. The highest BCUT2D eigenvalue weighted by atomic mass is 32.1. The van der Waals surface area contributed by atoms with Crippen LogP contribution in [0.3, 0.4) is 0 Å². The highest BCUT2D eigenvalue weighted by molar-refractivity contribution is 7.09. The van der Waals surface area contributed by atoms with Crippen molar-refractivity contribution in [2.75, 3.05) is 13.1 Å². The first-order chi connectivity index (χ1) is 16.5. The maximum Gasteiger partial charge on any atom is 0.318 e. The molecule has 4 aliphatic carbocycles. The van der Waals surface area contributed by atoms with E-state index in [4.69, 9.17) is 0 Å². The Labute approximate surface area is 207 Å². The maximum absolute atomic E-state index is 13.5. The van der Waals surface area contributed by atoms with E-state index in [1.54, 1.807) is 16.2 Å². The third-order valence-corrected chi connectivity index (χ3v) is 8.87. The van der Waals surface area contributed by atoms with Crippen molar-refractivity contribution in [3.8, 4) is 0 Å². The number of thiophene rings is 1. The molecule has 3 amide bonds. The van der Waals surface area contributed by atoms with Crippen molar-refractivity contribution in [1.29, 1.82) is 0 Å². The Bertz CT molecular complexity index is 940. The molecule has 0 radical (unpaired) electrons. The fourth-order valence-corrected chi connectivity index (χ4v) is 7.70. The fraction of sp³-hybridized carbons (Fsp3) is 0.571. The molecule has 4 aliphatic rings. The van der Waals surface area contributed by atoms with E-state index < -0.39 is 0 Å². The lowest BCUT2D eigenvalue weighted by molar-refractivity contribution is -0.133. The molecule has 4 bridgehead atoms. The van der Waals surface area contributed by atoms with Gasteiger partial charge in [0.2, 0.25) is 5.91 Å². The average Bonchev–Trinajstić information content (AvgIpc) is 3.31. The first kappa shape index (κ1) is 23.4. The van der Waals surface area contributed by atoms with Gasteiger partial charge in [-0.25, -0.2) is 4.79 Å². The molecule has 4 fully saturated rings. The second-order valence-electron chi connectivity index (χ2n) is 10.9. The van der Waals surface area contributed by atoms with Crippen LogP contribution in [0.4, 0.5) is 4.79 Å². The predicted octanol–water partition coefficient (Wildman–Crippen LogP) is 5.67. The standard InChI is InChI=1S/C28H37N3O2S/c1-2-10-30(27(33)29-28-15-22-12-23(16-28)14-24(13-22)17-28)20-26(32)31(19-25-9-6-11-34-25)18-21-7-4-3-5-8-21/h3-9,11,22-24H,2,10,12-20H2,1H3,(H,29,33). The summed E-state index contributed by atoms with van der Waals surface area (Å²) in [5.41, 5.74) is 1.06. The van der Waals surface area contributed by atoms with E-state index in [1.165, 1.54) is 19.3 Å². The van der Waals surface area contributed by atoms with Gasteiger partial charge in [-0.05, 0) is 79.7 Å². The molecule has 0 spiro atoms. The zero-order chi connectivity index (χ0) is 23.5. The molecule has 182 valence electrons. The lowest BCUT2D eigenvalue weighted by atomic mass is 9.53. The van der Waals surface area contributed by atoms with Crippen LogP contribution in [-0.4, -0.2) is 40.4 Å². The fourth-order valence-electron chi connectivity index (χ4n) is 6.98. The highest BCUT2D eigenvalue weighted by Gasteiger charge is 2.51. The summed E-state index contributed by atoms with van der Waals surface area (Å²) >= 11 is 1.66. The van der Waals surface area contributed by atoms with Crippen LogP contribution < -0.4 is 5.32 Å². The molecule has 2 aromatic rings. The number of benzene rings is 1. The summed E-state index contributed by atoms with van der Waals surface area (Å²) in [6, 6.07) is 14.2. The lowest BCUT2D eigenvalue weighted by Crippen LogP contribution is -2.62. The smallest absolute Gasteiger partial charge is 0.318 e. The van der Waals surface area contributed by atoms with Crippen LogP contribution in [0.25, 0.3) is 0 Å². The number of amides is 3. The van der Waals surface area contributed by atoms with Crippen LogP contribution in [0.5, 0.6) is 0 Å². The predicted molar refractivity (Wildman–Crippen MR) is 136 cm³/mol. The number of hydrogen-bond donors (Lipinski definition) is 1. The van der Waals surface area contributed by atoms with Crippen LogP contribution in [0.15, 0.2) is 47.8 Å². The molecule has 1 heterocycles. The van der Waals surface area contributed by atoms with Crippen LogP contribution in [0.2, 0.25) is 0 Å². The van der Waals surface area contributed by atoms with Gasteiger partial charge in [-0.15, -0.1) is 11.3 Å². The zero-order valence-electron chi connectivity index (χ0n) is 20.2. The van der Waals surface area contributed by atoms with E-state index in [1.807, 2.05) is 34.5 Å². The number of hydrogen-bond acceptors (Lipinski definition) is 3. The van der Waals surface area contributed by atoms with E-state index in [0.717, 1.165) is 53.9 Å². The van der Waals surface area contributed by atoms with Crippen LogP contribution in [-0.2, 0) is 17.9 Å². The van der Waals surface area contributed by atoms with Crippen molar-refractivity contribution >= 4 is 23.3 Å². The SMILES string of the molecule is CCCN(CC(=O)N(Cc1ccccc1)Cc1cccs1)C(=O)NC12CC3CC(CC(C3)C1)C2. The van der Waals surface area contributed by atoms with Gasteiger partial charge < -0.3 is 15.1 Å². The molecule has 34 heavy (non-hydrogen) atoms. The number of carbonyl (C=O) groups excluding carboxylic acids is 2. The summed E-state index contributed by atoms with van der Waals surface area (Å²) in [7, 11) is 0. The minimum Gasteiger partial charge on any atom is -0.333 e. The number of urea groups is 1. The lowest BCUT2D eigenvalue weighted by Gasteiger charge is -2.57. The Morgan fingerprint density at radius 2 is 1.62 bits per heavy atom. The van der Waals surface area contributed by atoms with Crippen LogP contribution in [0.1, 0.15) is 62.3 Å². The summed E-state index contributed by atoms with van der Waals surface area (Å²) in [6.07, 6.45) is 8.26. The number of carbonyl (C=O) groups is 2. The van der Waals surface area contributed by atoms with Gasteiger partial charge in [0.05, 0.1) is 6.54 Å². The molecule has 1 N–H and O–H groups in total. The van der Waals surface area contributed by atoms with E-state index in [0.29, 0.717) is 19.6 Å². The van der Waals surface area contributed by atoms with Crippen molar-refractivity contribution in [2.45, 2.75) is 70.5 Å². The summed E-state index contributed by atoms with van der Waals surface area (Å²) in [4.78, 5) is 31.8. The second-order valence-corrected chi connectivity index (χ2v) is 11.9. The van der Waals surface area contributed by atoms with Gasteiger partial charge in [-0.3, -0.25) is 4.79 Å². The molecular weight excluding hydrogens is 442 g/mol. The molecule has 0 atom stereocenters. The van der Waals surface area contributed by atoms with Gasteiger partial charge in [0.15, 0.2) is 0 Å². The Balaban J connectivity index is 1.27. The molecule has 1 aromatic heterocycles. The zero-order valence-corrected chi connectivity index (χ0v) is 21.1. The Hall–Kier alpha value is -2.34. The third kappa shape index (κ3) is 5.32. The Morgan fingerprint density at radius 3 is 2.21 bits per heavy atom. The van der Waals surface area contributed by atoms with Crippen molar-refractivity contribution in [3.63, 3.8) is 0 Å². The molecular formula is C28H37N3O2S. The maximum atomic E-state index is 13.5. The van der Waals surface area contributed by atoms with Crippen LogP contribution in [0, 0.1) is 17.8 Å². The molecule has 4 saturated carbocycles. The number of rotatable bonds is 9. The first-order valence-electron chi connectivity index (χ1n) is 12.9. The molecule has 1 aromatic carbocycles. The number of nitrogens with zero attached hydrogens (tertiary/aromatic N) is 2. The molecule has 5 nitrogen and oxygen atoms in total. The third-order valence-electron chi connectivity index (χ3n) is 8.01. The molecule has 0 saturated heterocycles. The molecule has 0 unspecified atom stereocenters. The quantitative estimate of drug-likeness (QED) is 0.504. The first-order valence-corrected chi connectivity index (χ1v) is 13.8. The molecule has 6 heteroatoms. The van der Waals surface area contributed by atoms with E-state index in [9.17, 15) is 9.59 Å². The topological polar surface area (TPSA) is 52.7 Å². The highest BCUT2D eigenvalue weighted by Crippen LogP contribution is 2.55. The summed E-state index contributed by atoms with van der Waals surface area (Å²) in [6.45, 7) is 3.92. The van der Waals surface area contributed by atoms with Gasteiger partial charge in [0.1, 0.15) is 6.54 Å². The van der Waals surface area contributed by atoms with Crippen molar-refractivity contribution < 1.29 is 9.59 Å². The van der Waals surface area contributed by atoms with E-state index >= 15 is 0 Å². The minimum absolute atomic E-state index is 0.00589.